The molecule has 1 aliphatic heterocycles. The number of phenolic OH excluding ortho intramolecular Hbond substituents is 1. The average molecular weight is 249 g/mol. The highest BCUT2D eigenvalue weighted by Gasteiger charge is 2.31. The Morgan fingerprint density at radius 1 is 1.39 bits per heavy atom. The van der Waals surface area contributed by atoms with Crippen molar-refractivity contribution in [1.82, 2.24) is 5.32 Å². The van der Waals surface area contributed by atoms with Crippen LogP contribution in [0.5, 0.6) is 5.75 Å². The zero-order valence-electron chi connectivity index (χ0n) is 9.56. The predicted molar refractivity (Wildman–Crippen MR) is 60.7 cm³/mol. The van der Waals surface area contributed by atoms with Crippen molar-refractivity contribution in [3.8, 4) is 5.75 Å². The smallest absolute Gasteiger partial charge is 0.326 e. The maximum Gasteiger partial charge on any atom is 0.326 e. The Bertz CT molecular complexity index is 564. The van der Waals surface area contributed by atoms with Gasteiger partial charge in [0.1, 0.15) is 11.8 Å². The maximum absolute atomic E-state index is 11.7. The summed E-state index contributed by atoms with van der Waals surface area (Å²) in [6.45, 7) is 1.33. The first-order chi connectivity index (χ1) is 8.40. The lowest BCUT2D eigenvalue weighted by atomic mass is 9.92. The minimum Gasteiger partial charge on any atom is -0.507 e. The van der Waals surface area contributed by atoms with Crippen LogP contribution >= 0.6 is 0 Å². The minimum absolute atomic E-state index is 0.0394. The molecule has 0 fully saturated rings. The fourth-order valence-electron chi connectivity index (χ4n) is 1.96. The fraction of sp³-hybridized carbons (Fsp3) is 0.250. The summed E-state index contributed by atoms with van der Waals surface area (Å²) >= 11 is 0. The van der Waals surface area contributed by atoms with Crippen LogP contribution < -0.4 is 5.32 Å². The number of aromatic hydroxyl groups is 1. The Balaban J connectivity index is 2.53. The number of carboxylic acids is 1. The number of benzene rings is 1. The number of hydrogen-bond donors (Lipinski definition) is 3. The number of phenols is 1. The van der Waals surface area contributed by atoms with Gasteiger partial charge in [-0.2, -0.15) is 0 Å². The molecule has 0 saturated carbocycles. The average Bonchev–Trinajstić information content (AvgIpc) is 2.27. The summed E-state index contributed by atoms with van der Waals surface area (Å²) in [4.78, 5) is 33.8. The predicted octanol–water partition coefficient (Wildman–Crippen LogP) is 0.334. The first kappa shape index (κ1) is 12.1. The largest absolute Gasteiger partial charge is 0.507 e. The van der Waals surface area contributed by atoms with Crippen molar-refractivity contribution < 1.29 is 24.6 Å². The van der Waals surface area contributed by atoms with Crippen molar-refractivity contribution in [1.29, 1.82) is 0 Å². The highest BCUT2D eigenvalue weighted by atomic mass is 16.4. The molecule has 3 N–H and O–H groups in total. The number of ketones is 1. The van der Waals surface area contributed by atoms with Crippen molar-refractivity contribution in [2.45, 2.75) is 19.4 Å². The van der Waals surface area contributed by atoms with E-state index in [1.54, 1.807) is 0 Å². The van der Waals surface area contributed by atoms with Crippen molar-refractivity contribution in [3.05, 3.63) is 28.8 Å². The molecule has 0 saturated heterocycles. The summed E-state index contributed by atoms with van der Waals surface area (Å²) in [7, 11) is 0. The molecule has 0 spiro atoms. The van der Waals surface area contributed by atoms with Crippen molar-refractivity contribution in [2.24, 2.45) is 0 Å². The second-order valence-electron chi connectivity index (χ2n) is 4.15. The lowest BCUT2D eigenvalue weighted by Gasteiger charge is -2.23. The second kappa shape index (κ2) is 4.14. The normalized spacial score (nSPS) is 17.8. The van der Waals surface area contributed by atoms with Gasteiger partial charge < -0.3 is 15.5 Å². The number of nitrogens with one attached hydrogen (secondary N) is 1. The molecule has 0 aromatic heterocycles. The molecule has 1 aliphatic rings. The number of carbonyl (C=O) groups is 3. The number of hydrogen-bond acceptors (Lipinski definition) is 4. The van der Waals surface area contributed by atoms with E-state index in [1.807, 2.05) is 0 Å². The second-order valence-corrected chi connectivity index (χ2v) is 4.15. The zero-order chi connectivity index (χ0) is 13.4. The molecule has 2 rings (SSSR count). The van der Waals surface area contributed by atoms with E-state index in [2.05, 4.69) is 5.32 Å². The molecule has 6 nitrogen and oxygen atoms in total. The van der Waals surface area contributed by atoms with Gasteiger partial charge in [-0.15, -0.1) is 0 Å². The standard InChI is InChI=1S/C12H11NO5/c1-5(14)6-2-7-3-8(12(17)18)13-11(16)10(7)9(15)4-6/h2,4,8,15H,3H2,1H3,(H,13,16)(H,17,18). The lowest BCUT2D eigenvalue weighted by Crippen LogP contribution is -2.46. The van der Waals surface area contributed by atoms with Gasteiger partial charge in [0.25, 0.3) is 5.91 Å². The van der Waals surface area contributed by atoms with Crippen LogP contribution in [0.4, 0.5) is 0 Å². The van der Waals surface area contributed by atoms with Crippen molar-refractivity contribution in [2.75, 3.05) is 0 Å². The van der Waals surface area contributed by atoms with Crippen molar-refractivity contribution in [3.63, 3.8) is 0 Å². The zero-order valence-corrected chi connectivity index (χ0v) is 9.56. The number of fused-ring (bicyclic) bond motifs is 1. The Labute approximate surface area is 102 Å². The van der Waals surface area contributed by atoms with Crippen LogP contribution in [-0.4, -0.2) is 33.9 Å². The summed E-state index contributed by atoms with van der Waals surface area (Å²) < 4.78 is 0. The lowest BCUT2D eigenvalue weighted by molar-refractivity contribution is -0.139. The first-order valence-corrected chi connectivity index (χ1v) is 5.30. The first-order valence-electron chi connectivity index (χ1n) is 5.30. The van der Waals surface area contributed by atoms with E-state index in [1.165, 1.54) is 19.1 Å². The molecule has 1 aromatic carbocycles. The van der Waals surface area contributed by atoms with Crippen LogP contribution in [0, 0.1) is 0 Å². The van der Waals surface area contributed by atoms with Gasteiger partial charge in [0.2, 0.25) is 0 Å². The van der Waals surface area contributed by atoms with Crippen LogP contribution in [0.1, 0.15) is 33.2 Å². The summed E-state index contributed by atoms with van der Waals surface area (Å²) in [5.41, 5.74) is 0.666. The van der Waals surface area contributed by atoms with Crippen LogP contribution in [0.2, 0.25) is 0 Å². The molecule has 18 heavy (non-hydrogen) atoms. The maximum atomic E-state index is 11.7. The topological polar surface area (TPSA) is 104 Å². The highest BCUT2D eigenvalue weighted by molar-refractivity contribution is 6.04. The van der Waals surface area contributed by atoms with E-state index in [0.29, 0.717) is 5.56 Å². The Hall–Kier alpha value is -2.37. The number of carboxylic acid groups (broad SMARTS) is 1. The minimum atomic E-state index is -1.15. The molecule has 1 heterocycles. The molecule has 0 bridgehead atoms. The molecule has 94 valence electrons. The van der Waals surface area contributed by atoms with Crippen LogP contribution in [0.3, 0.4) is 0 Å². The molecular weight excluding hydrogens is 238 g/mol. The van der Waals surface area contributed by atoms with Crippen molar-refractivity contribution >= 4 is 17.7 Å². The van der Waals surface area contributed by atoms with Gasteiger partial charge in [0, 0.05) is 12.0 Å². The van der Waals surface area contributed by atoms with E-state index in [0.717, 1.165) is 0 Å². The number of Topliss-reactive ketones (excluding diaryl/α,β-unsaturated/α-hetero) is 1. The molecule has 6 heteroatoms. The van der Waals surface area contributed by atoms with Gasteiger partial charge in [-0.25, -0.2) is 4.79 Å². The SMILES string of the molecule is CC(=O)c1cc(O)c2c(c1)CC(C(=O)O)NC2=O. The summed E-state index contributed by atoms with van der Waals surface area (Å²) in [6, 6.07) is 1.63. The quantitative estimate of drug-likeness (QED) is 0.655. The van der Waals surface area contributed by atoms with E-state index in [-0.39, 0.29) is 29.1 Å². The van der Waals surface area contributed by atoms with Gasteiger partial charge in [-0.1, -0.05) is 0 Å². The monoisotopic (exact) mass is 249 g/mol. The Kier molecular flexibility index (Phi) is 2.78. The van der Waals surface area contributed by atoms with Gasteiger partial charge in [0.15, 0.2) is 5.78 Å². The number of amides is 1. The van der Waals surface area contributed by atoms with Crippen LogP contribution in [0.25, 0.3) is 0 Å². The van der Waals surface area contributed by atoms with E-state index >= 15 is 0 Å². The molecule has 1 atom stereocenters. The number of rotatable bonds is 2. The number of aliphatic carboxylic acids is 1. The molecule has 0 aliphatic carbocycles. The van der Waals surface area contributed by atoms with E-state index in [4.69, 9.17) is 5.11 Å². The van der Waals surface area contributed by atoms with Crippen LogP contribution in [-0.2, 0) is 11.2 Å². The summed E-state index contributed by atoms with van der Waals surface area (Å²) in [5.74, 6) is -2.36. The van der Waals surface area contributed by atoms with Gasteiger partial charge in [0.05, 0.1) is 5.56 Å². The summed E-state index contributed by atoms with van der Waals surface area (Å²) in [6.07, 6.45) is 0.0467. The third-order valence-electron chi connectivity index (χ3n) is 2.86. The Morgan fingerprint density at radius 2 is 2.06 bits per heavy atom. The Morgan fingerprint density at radius 3 is 2.61 bits per heavy atom. The van der Waals surface area contributed by atoms with Crippen LogP contribution in [0.15, 0.2) is 12.1 Å². The third kappa shape index (κ3) is 1.92. The molecular formula is C12H11NO5. The van der Waals surface area contributed by atoms with E-state index in [9.17, 15) is 19.5 Å². The molecule has 1 amide bonds. The van der Waals surface area contributed by atoms with Gasteiger partial charge in [-0.05, 0) is 24.6 Å². The fourth-order valence-corrected chi connectivity index (χ4v) is 1.96. The molecule has 0 radical (unpaired) electrons. The highest BCUT2D eigenvalue weighted by Crippen LogP contribution is 2.28. The number of carbonyl (C=O) groups excluding carboxylic acids is 2. The van der Waals surface area contributed by atoms with E-state index < -0.39 is 17.9 Å². The molecule has 1 aromatic rings. The summed E-state index contributed by atoms with van der Waals surface area (Å²) in [5, 5.41) is 20.9. The molecule has 1 unspecified atom stereocenters. The van der Waals surface area contributed by atoms with Gasteiger partial charge in [-0.3, -0.25) is 9.59 Å². The third-order valence-corrected chi connectivity index (χ3v) is 2.86. The van der Waals surface area contributed by atoms with Gasteiger partial charge >= 0.3 is 5.97 Å².